The van der Waals surface area contributed by atoms with E-state index in [2.05, 4.69) is 22.0 Å². The van der Waals surface area contributed by atoms with Crippen LogP contribution < -0.4 is 5.32 Å². The molecule has 0 saturated heterocycles. The summed E-state index contributed by atoms with van der Waals surface area (Å²) in [6.45, 7) is 3.81. The second-order valence-electron chi connectivity index (χ2n) is 3.32. The monoisotopic (exact) mass is 315 g/mol. The molecule has 0 aliphatic carbocycles. The summed E-state index contributed by atoms with van der Waals surface area (Å²) in [7, 11) is 0. The zero-order chi connectivity index (χ0) is 14.8. The lowest BCUT2D eigenvalue weighted by Gasteiger charge is -2.11. The van der Waals surface area contributed by atoms with Gasteiger partial charge < -0.3 is 15.3 Å². The van der Waals surface area contributed by atoms with Crippen molar-refractivity contribution in [2.24, 2.45) is 5.16 Å². The van der Waals surface area contributed by atoms with Gasteiger partial charge in [-0.3, -0.25) is 4.79 Å². The Labute approximate surface area is 123 Å². The quantitative estimate of drug-likeness (QED) is 0.295. The van der Waals surface area contributed by atoms with Gasteiger partial charge in [0.15, 0.2) is 11.3 Å². The molecule has 0 aliphatic heterocycles. The molecule has 0 aromatic carbocycles. The molecule has 0 saturated carbocycles. The summed E-state index contributed by atoms with van der Waals surface area (Å²) in [6, 6.07) is 0. The molecule has 0 radical (unpaired) electrons. The lowest BCUT2D eigenvalue weighted by atomic mass is 10.3. The number of carbonyl (C=O) groups is 2. The number of hydrogen-bond donors (Lipinski definition) is 2. The van der Waals surface area contributed by atoms with Crippen LogP contribution in [-0.4, -0.2) is 41.0 Å². The fraction of sp³-hybridized carbons (Fsp3) is 0.273. The molecular weight excluding hydrogens is 302 g/mol. The third-order valence-electron chi connectivity index (χ3n) is 1.91. The highest BCUT2D eigenvalue weighted by Gasteiger charge is 2.16. The number of carbonyl (C=O) groups excluding carboxylic acids is 1. The van der Waals surface area contributed by atoms with E-state index >= 15 is 0 Å². The zero-order valence-corrected chi connectivity index (χ0v) is 12.0. The van der Waals surface area contributed by atoms with Crippen LogP contribution in [0.3, 0.4) is 0 Å². The first-order valence-electron chi connectivity index (χ1n) is 5.43. The van der Waals surface area contributed by atoms with Crippen LogP contribution in [0.5, 0.6) is 0 Å². The van der Waals surface area contributed by atoms with Gasteiger partial charge in [0.25, 0.3) is 0 Å². The average molecular weight is 315 g/mol. The Bertz CT molecular complexity index is 490. The highest BCUT2D eigenvalue weighted by atomic mass is 32.2. The molecule has 108 valence electrons. The van der Waals surface area contributed by atoms with Crippen LogP contribution >= 0.6 is 23.1 Å². The minimum atomic E-state index is -1.17. The van der Waals surface area contributed by atoms with E-state index in [0.29, 0.717) is 23.5 Å². The highest BCUT2D eigenvalue weighted by Crippen LogP contribution is 2.31. The molecule has 0 bridgehead atoms. The standard InChI is InChI=1S/C11H13N3O4S2/c1-2-3-19-9(5-18-13-4-10(16)17)8-6-20-11(14-8)12-7-15/h2,4,6-7,9H,1,3,5H2,(H,16,17)(H,12,14,15)/b13-4-. The third kappa shape index (κ3) is 5.85. The van der Waals surface area contributed by atoms with Crippen molar-refractivity contribution in [2.45, 2.75) is 5.25 Å². The number of oxime groups is 1. The van der Waals surface area contributed by atoms with Crippen molar-refractivity contribution in [2.75, 3.05) is 17.7 Å². The summed E-state index contributed by atoms with van der Waals surface area (Å²) in [4.78, 5) is 29.8. The van der Waals surface area contributed by atoms with E-state index in [9.17, 15) is 9.59 Å². The molecule has 1 aromatic heterocycles. The number of carboxylic acid groups (broad SMARTS) is 1. The fourth-order valence-corrected chi connectivity index (χ4v) is 2.77. The van der Waals surface area contributed by atoms with E-state index < -0.39 is 5.97 Å². The van der Waals surface area contributed by atoms with Crippen LogP contribution in [0, 0.1) is 0 Å². The predicted molar refractivity (Wildman–Crippen MR) is 79.3 cm³/mol. The Morgan fingerprint density at radius 1 is 1.75 bits per heavy atom. The van der Waals surface area contributed by atoms with E-state index in [1.54, 1.807) is 11.5 Å². The molecule has 9 heteroatoms. The maximum Gasteiger partial charge on any atom is 0.350 e. The number of thiazole rings is 1. The van der Waals surface area contributed by atoms with E-state index in [1.165, 1.54) is 23.1 Å². The molecule has 1 atom stereocenters. The lowest BCUT2D eigenvalue weighted by Crippen LogP contribution is -2.05. The van der Waals surface area contributed by atoms with Gasteiger partial charge in [0.1, 0.15) is 6.61 Å². The third-order valence-corrected chi connectivity index (χ3v) is 3.91. The van der Waals surface area contributed by atoms with Crippen molar-refractivity contribution in [3.63, 3.8) is 0 Å². The van der Waals surface area contributed by atoms with Gasteiger partial charge in [-0.05, 0) is 0 Å². The number of aliphatic carboxylic acids is 1. The summed E-state index contributed by atoms with van der Waals surface area (Å²) >= 11 is 2.83. The summed E-state index contributed by atoms with van der Waals surface area (Å²) in [5.41, 5.74) is 0.733. The second-order valence-corrected chi connectivity index (χ2v) is 5.41. The van der Waals surface area contributed by atoms with Gasteiger partial charge in [-0.25, -0.2) is 9.78 Å². The second kappa shape index (κ2) is 9.10. The smallest absolute Gasteiger partial charge is 0.350 e. The summed E-state index contributed by atoms with van der Waals surface area (Å²) in [6.07, 6.45) is 2.98. The molecular formula is C11H13N3O4S2. The minimum Gasteiger partial charge on any atom is -0.477 e. The first-order valence-corrected chi connectivity index (χ1v) is 7.36. The molecule has 1 rings (SSSR count). The first kappa shape index (κ1) is 16.2. The fourth-order valence-electron chi connectivity index (χ4n) is 1.15. The van der Waals surface area contributed by atoms with Crippen LogP contribution in [-0.2, 0) is 14.4 Å². The van der Waals surface area contributed by atoms with Gasteiger partial charge in [-0.2, -0.15) is 0 Å². The van der Waals surface area contributed by atoms with Gasteiger partial charge in [-0.1, -0.05) is 11.2 Å². The van der Waals surface area contributed by atoms with E-state index in [-0.39, 0.29) is 11.9 Å². The molecule has 20 heavy (non-hydrogen) atoms. The van der Waals surface area contributed by atoms with Crippen molar-refractivity contribution < 1.29 is 19.5 Å². The molecule has 2 N–H and O–H groups in total. The highest BCUT2D eigenvalue weighted by molar-refractivity contribution is 7.99. The lowest BCUT2D eigenvalue weighted by molar-refractivity contribution is -0.129. The maximum absolute atomic E-state index is 10.3. The number of aromatic nitrogens is 1. The Kier molecular flexibility index (Phi) is 7.36. The minimum absolute atomic E-state index is 0.127. The molecule has 1 amide bonds. The number of amides is 1. The number of nitrogens with zero attached hydrogens (tertiary/aromatic N) is 2. The number of thioether (sulfide) groups is 1. The predicted octanol–water partition coefficient (Wildman–Crippen LogP) is 1.76. The number of carboxylic acids is 1. The molecule has 0 aliphatic rings. The molecule has 0 fully saturated rings. The largest absolute Gasteiger partial charge is 0.477 e. The normalized spacial score (nSPS) is 12.0. The molecule has 0 spiro atoms. The Morgan fingerprint density at radius 3 is 3.20 bits per heavy atom. The Morgan fingerprint density at radius 2 is 2.55 bits per heavy atom. The number of nitrogens with one attached hydrogen (secondary N) is 1. The van der Waals surface area contributed by atoms with Crippen LogP contribution in [0.2, 0.25) is 0 Å². The molecule has 7 nitrogen and oxygen atoms in total. The molecule has 1 heterocycles. The molecule has 1 aromatic rings. The zero-order valence-electron chi connectivity index (χ0n) is 10.4. The van der Waals surface area contributed by atoms with Crippen molar-refractivity contribution in [1.82, 2.24) is 4.98 Å². The number of rotatable bonds is 10. The molecule has 1 unspecified atom stereocenters. The van der Waals surface area contributed by atoms with Crippen molar-refractivity contribution in [1.29, 1.82) is 0 Å². The Hall–Kier alpha value is -1.87. The van der Waals surface area contributed by atoms with Crippen molar-refractivity contribution in [3.8, 4) is 0 Å². The topological polar surface area (TPSA) is 101 Å². The van der Waals surface area contributed by atoms with Gasteiger partial charge in [0, 0.05) is 11.1 Å². The summed E-state index contributed by atoms with van der Waals surface area (Å²) in [5.74, 6) is -0.489. The average Bonchev–Trinajstić information content (AvgIpc) is 2.86. The van der Waals surface area contributed by atoms with Crippen LogP contribution in [0.1, 0.15) is 10.9 Å². The van der Waals surface area contributed by atoms with Crippen molar-refractivity contribution in [3.05, 3.63) is 23.7 Å². The van der Waals surface area contributed by atoms with Crippen LogP contribution in [0.15, 0.2) is 23.2 Å². The van der Waals surface area contributed by atoms with E-state index in [1.807, 2.05) is 0 Å². The SMILES string of the molecule is C=CCSC(CO/N=C\C(=O)O)c1csc(NC=O)n1. The van der Waals surface area contributed by atoms with Gasteiger partial charge >= 0.3 is 5.97 Å². The van der Waals surface area contributed by atoms with Crippen molar-refractivity contribution >= 4 is 46.8 Å². The Balaban J connectivity index is 2.63. The van der Waals surface area contributed by atoms with E-state index in [4.69, 9.17) is 9.94 Å². The maximum atomic E-state index is 10.3. The van der Waals surface area contributed by atoms with Gasteiger partial charge in [0.2, 0.25) is 6.41 Å². The number of anilines is 1. The summed E-state index contributed by atoms with van der Waals surface area (Å²) in [5, 5.41) is 16.4. The van der Waals surface area contributed by atoms with Gasteiger partial charge in [-0.15, -0.1) is 29.7 Å². The van der Waals surface area contributed by atoms with E-state index in [0.717, 1.165) is 5.69 Å². The number of hydrogen-bond acceptors (Lipinski definition) is 7. The van der Waals surface area contributed by atoms with Crippen LogP contribution in [0.4, 0.5) is 5.13 Å². The summed E-state index contributed by atoms with van der Waals surface area (Å²) < 4.78 is 0. The van der Waals surface area contributed by atoms with Gasteiger partial charge in [0.05, 0.1) is 10.9 Å². The van der Waals surface area contributed by atoms with Crippen LogP contribution in [0.25, 0.3) is 0 Å². The first-order chi connectivity index (χ1) is 9.67.